The lowest BCUT2D eigenvalue weighted by molar-refractivity contribution is 0.838. The van der Waals surface area contributed by atoms with E-state index >= 15 is 0 Å². The van der Waals surface area contributed by atoms with Crippen LogP contribution in [0.4, 0.5) is 0 Å². The second kappa shape index (κ2) is 6.80. The fraction of sp³-hybridized carbons (Fsp3) is 0.211. The molecule has 0 saturated heterocycles. The molecule has 3 aromatic rings. The van der Waals surface area contributed by atoms with Gasteiger partial charge in [-0.2, -0.15) is 0 Å². The largest absolute Gasteiger partial charge is 0.303 e. The van der Waals surface area contributed by atoms with Gasteiger partial charge in [-0.3, -0.25) is 0 Å². The molecule has 2 nitrogen and oxygen atoms in total. The molecule has 0 aliphatic carbocycles. The second-order valence-corrected chi connectivity index (χ2v) is 5.88. The van der Waals surface area contributed by atoms with Crippen molar-refractivity contribution < 1.29 is 0 Å². The molecule has 0 atom stereocenters. The molecule has 3 heteroatoms. The highest BCUT2D eigenvalue weighted by atomic mass is 35.5. The summed E-state index contributed by atoms with van der Waals surface area (Å²) in [7, 11) is 0. The van der Waals surface area contributed by atoms with Crippen LogP contribution in [0.5, 0.6) is 0 Å². The van der Waals surface area contributed by atoms with Gasteiger partial charge >= 0.3 is 0 Å². The van der Waals surface area contributed by atoms with E-state index in [0.717, 1.165) is 30.0 Å². The van der Waals surface area contributed by atoms with Gasteiger partial charge in [0.15, 0.2) is 0 Å². The van der Waals surface area contributed by atoms with Gasteiger partial charge in [-0.25, -0.2) is 4.98 Å². The second-order valence-electron chi connectivity index (χ2n) is 5.44. The smallest absolute Gasteiger partial charge is 0.0994 e. The van der Waals surface area contributed by atoms with Gasteiger partial charge in [0.05, 0.1) is 12.0 Å². The van der Waals surface area contributed by atoms with Crippen molar-refractivity contribution in [2.75, 3.05) is 0 Å². The lowest BCUT2D eigenvalue weighted by atomic mass is 10.0. The molecule has 0 spiro atoms. The first-order valence-corrected chi connectivity index (χ1v) is 7.99. The summed E-state index contributed by atoms with van der Waals surface area (Å²) < 4.78 is 2.18. The van der Waals surface area contributed by atoms with Crippen LogP contribution in [0.1, 0.15) is 30.2 Å². The SMILES string of the molecule is CCCc1cncn1-c1ccc(Cl)cc1Cc1ccccc1. The van der Waals surface area contributed by atoms with E-state index in [1.54, 1.807) is 0 Å². The maximum atomic E-state index is 6.22. The molecule has 2 aromatic carbocycles. The quantitative estimate of drug-likeness (QED) is 0.643. The first-order chi connectivity index (χ1) is 10.8. The van der Waals surface area contributed by atoms with Crippen LogP contribution >= 0.6 is 11.6 Å². The molecule has 0 amide bonds. The number of benzene rings is 2. The Kier molecular flexibility index (Phi) is 4.59. The molecule has 0 bridgehead atoms. The molecule has 22 heavy (non-hydrogen) atoms. The maximum Gasteiger partial charge on any atom is 0.0994 e. The Labute approximate surface area is 136 Å². The zero-order valence-electron chi connectivity index (χ0n) is 12.7. The van der Waals surface area contributed by atoms with Crippen LogP contribution in [-0.2, 0) is 12.8 Å². The summed E-state index contributed by atoms with van der Waals surface area (Å²) in [6.07, 6.45) is 6.83. The average molecular weight is 311 g/mol. The monoisotopic (exact) mass is 310 g/mol. The molecule has 0 unspecified atom stereocenters. The Bertz CT molecular complexity index is 747. The number of aromatic nitrogens is 2. The summed E-state index contributed by atoms with van der Waals surface area (Å²) in [6.45, 7) is 2.18. The van der Waals surface area contributed by atoms with Crippen molar-refractivity contribution in [1.82, 2.24) is 9.55 Å². The van der Waals surface area contributed by atoms with Crippen molar-refractivity contribution >= 4 is 11.6 Å². The summed E-state index contributed by atoms with van der Waals surface area (Å²) in [5, 5.41) is 0.770. The minimum absolute atomic E-state index is 0.770. The number of rotatable bonds is 5. The fourth-order valence-electron chi connectivity index (χ4n) is 2.73. The van der Waals surface area contributed by atoms with Crippen LogP contribution in [0.25, 0.3) is 5.69 Å². The van der Waals surface area contributed by atoms with E-state index in [0.29, 0.717) is 0 Å². The van der Waals surface area contributed by atoms with E-state index in [4.69, 9.17) is 11.6 Å². The number of nitrogens with zero attached hydrogens (tertiary/aromatic N) is 2. The fourth-order valence-corrected chi connectivity index (χ4v) is 2.92. The van der Waals surface area contributed by atoms with Crippen LogP contribution in [0.2, 0.25) is 5.02 Å². The van der Waals surface area contributed by atoms with Crippen molar-refractivity contribution in [2.45, 2.75) is 26.2 Å². The van der Waals surface area contributed by atoms with Gasteiger partial charge in [-0.15, -0.1) is 0 Å². The highest BCUT2D eigenvalue weighted by Gasteiger charge is 2.10. The summed E-state index contributed by atoms with van der Waals surface area (Å²) in [4.78, 5) is 4.32. The molecular weight excluding hydrogens is 292 g/mol. The lowest BCUT2D eigenvalue weighted by Gasteiger charge is -2.14. The summed E-state index contributed by atoms with van der Waals surface area (Å²) in [5.74, 6) is 0. The molecule has 3 rings (SSSR count). The van der Waals surface area contributed by atoms with Crippen LogP contribution in [0.3, 0.4) is 0 Å². The predicted molar refractivity (Wildman–Crippen MR) is 91.8 cm³/mol. The van der Waals surface area contributed by atoms with Crippen molar-refractivity contribution in [3.8, 4) is 5.69 Å². The van der Waals surface area contributed by atoms with Crippen LogP contribution < -0.4 is 0 Å². The average Bonchev–Trinajstić information content (AvgIpc) is 2.97. The first-order valence-electron chi connectivity index (χ1n) is 7.62. The number of aryl methyl sites for hydroxylation is 1. The highest BCUT2D eigenvalue weighted by molar-refractivity contribution is 6.30. The van der Waals surface area contributed by atoms with Crippen molar-refractivity contribution in [1.29, 1.82) is 0 Å². The van der Waals surface area contributed by atoms with Crippen molar-refractivity contribution in [3.05, 3.63) is 82.9 Å². The number of hydrogen-bond acceptors (Lipinski definition) is 1. The summed E-state index contributed by atoms with van der Waals surface area (Å²) >= 11 is 6.22. The molecule has 0 radical (unpaired) electrons. The van der Waals surface area contributed by atoms with E-state index in [-0.39, 0.29) is 0 Å². The van der Waals surface area contributed by atoms with E-state index in [2.05, 4.69) is 52.9 Å². The Morgan fingerprint density at radius 1 is 1.09 bits per heavy atom. The van der Waals surface area contributed by atoms with Gasteiger partial charge in [-0.05, 0) is 42.2 Å². The van der Waals surface area contributed by atoms with Crippen LogP contribution in [0.15, 0.2) is 61.1 Å². The van der Waals surface area contributed by atoms with Crippen LogP contribution in [0, 0.1) is 0 Å². The minimum Gasteiger partial charge on any atom is -0.303 e. The molecule has 0 aliphatic rings. The third kappa shape index (κ3) is 3.23. The molecule has 0 saturated carbocycles. The molecule has 0 N–H and O–H groups in total. The van der Waals surface area contributed by atoms with Gasteiger partial charge in [0.2, 0.25) is 0 Å². The summed E-state index contributed by atoms with van der Waals surface area (Å²) in [6, 6.07) is 16.6. The normalized spacial score (nSPS) is 10.8. The number of imidazole rings is 1. The molecule has 1 aromatic heterocycles. The van der Waals surface area contributed by atoms with Gasteiger partial charge in [0.25, 0.3) is 0 Å². The zero-order chi connectivity index (χ0) is 15.4. The Morgan fingerprint density at radius 3 is 2.68 bits per heavy atom. The molecule has 0 aliphatic heterocycles. The van der Waals surface area contributed by atoms with Gasteiger partial charge in [0, 0.05) is 16.9 Å². The number of hydrogen-bond donors (Lipinski definition) is 0. The summed E-state index contributed by atoms with van der Waals surface area (Å²) in [5.41, 5.74) is 4.89. The van der Waals surface area contributed by atoms with E-state index in [9.17, 15) is 0 Å². The van der Waals surface area contributed by atoms with Crippen molar-refractivity contribution in [3.63, 3.8) is 0 Å². The lowest BCUT2D eigenvalue weighted by Crippen LogP contribution is -2.03. The van der Waals surface area contributed by atoms with E-state index in [1.165, 1.54) is 16.8 Å². The topological polar surface area (TPSA) is 17.8 Å². The zero-order valence-corrected chi connectivity index (χ0v) is 13.4. The van der Waals surface area contributed by atoms with Gasteiger partial charge in [-0.1, -0.05) is 55.3 Å². The standard InChI is InChI=1S/C19H19ClN2/c1-2-6-18-13-21-14-22(18)19-10-9-17(20)12-16(19)11-15-7-4-3-5-8-15/h3-5,7-10,12-14H,2,6,11H2,1H3. The number of halogens is 1. The Balaban J connectivity index is 2.02. The third-order valence-electron chi connectivity index (χ3n) is 3.76. The van der Waals surface area contributed by atoms with Crippen LogP contribution in [-0.4, -0.2) is 9.55 Å². The highest BCUT2D eigenvalue weighted by Crippen LogP contribution is 2.24. The van der Waals surface area contributed by atoms with E-state index < -0.39 is 0 Å². The molecule has 1 heterocycles. The van der Waals surface area contributed by atoms with Crippen molar-refractivity contribution in [2.24, 2.45) is 0 Å². The van der Waals surface area contributed by atoms with E-state index in [1.807, 2.05) is 24.7 Å². The minimum atomic E-state index is 0.770. The van der Waals surface area contributed by atoms with Gasteiger partial charge in [0.1, 0.15) is 0 Å². The Hall–Kier alpha value is -2.06. The maximum absolute atomic E-state index is 6.22. The third-order valence-corrected chi connectivity index (χ3v) is 3.99. The first kappa shape index (κ1) is 14.9. The predicted octanol–water partition coefficient (Wildman–Crippen LogP) is 5.07. The molecule has 112 valence electrons. The molecular formula is C19H19ClN2. The Morgan fingerprint density at radius 2 is 1.91 bits per heavy atom. The molecule has 0 fully saturated rings. The van der Waals surface area contributed by atoms with Gasteiger partial charge < -0.3 is 4.57 Å².